The Hall–Kier alpha value is -2.49. The molecule has 2 heterocycles. The van der Waals surface area contributed by atoms with Crippen LogP contribution >= 0.6 is 0 Å². The second kappa shape index (κ2) is 9.85. The molecule has 0 N–H and O–H groups in total. The summed E-state index contributed by atoms with van der Waals surface area (Å²) in [5, 5.41) is 0. The molecule has 0 spiro atoms. The summed E-state index contributed by atoms with van der Waals surface area (Å²) in [6.07, 6.45) is 18.7. The SMILES string of the molecule is O=C(/C=C/C=C/CCCC/C=C/c1ccc2c(c1)OCO2)N1CCCC1. The van der Waals surface area contributed by atoms with Crippen molar-refractivity contribution in [3.63, 3.8) is 0 Å². The zero-order valence-electron chi connectivity index (χ0n) is 15.2. The third-order valence-corrected chi connectivity index (χ3v) is 4.60. The zero-order chi connectivity index (χ0) is 18.0. The molecular weight excluding hydrogens is 326 g/mol. The van der Waals surface area contributed by atoms with Gasteiger partial charge in [-0.05, 0) is 56.2 Å². The number of fused-ring (bicyclic) bond motifs is 1. The van der Waals surface area contributed by atoms with Crippen LogP contribution in [0, 0.1) is 0 Å². The Balaban J connectivity index is 1.26. The number of ether oxygens (including phenoxy) is 2. The van der Waals surface area contributed by atoms with E-state index < -0.39 is 0 Å². The van der Waals surface area contributed by atoms with E-state index in [9.17, 15) is 4.79 Å². The van der Waals surface area contributed by atoms with Crippen molar-refractivity contribution < 1.29 is 14.3 Å². The van der Waals surface area contributed by atoms with Crippen LogP contribution in [-0.4, -0.2) is 30.7 Å². The van der Waals surface area contributed by atoms with E-state index in [1.807, 2.05) is 35.3 Å². The highest BCUT2D eigenvalue weighted by molar-refractivity contribution is 5.88. The summed E-state index contributed by atoms with van der Waals surface area (Å²) in [6.45, 7) is 2.14. The molecule has 1 aromatic rings. The van der Waals surface area contributed by atoms with E-state index in [0.29, 0.717) is 6.79 Å². The molecule has 2 aliphatic rings. The number of carbonyl (C=O) groups excluding carboxylic acids is 1. The van der Waals surface area contributed by atoms with E-state index in [4.69, 9.17) is 9.47 Å². The smallest absolute Gasteiger partial charge is 0.246 e. The second-order valence-electron chi connectivity index (χ2n) is 6.62. The van der Waals surface area contributed by atoms with Crippen LogP contribution in [0.5, 0.6) is 11.5 Å². The molecule has 1 saturated heterocycles. The Morgan fingerprint density at radius 2 is 1.77 bits per heavy atom. The number of nitrogens with zero attached hydrogens (tertiary/aromatic N) is 1. The van der Waals surface area contributed by atoms with Crippen LogP contribution < -0.4 is 9.47 Å². The van der Waals surface area contributed by atoms with Crippen LogP contribution in [0.15, 0.2) is 48.6 Å². The molecule has 0 atom stereocenters. The van der Waals surface area contributed by atoms with Crippen molar-refractivity contribution in [2.45, 2.75) is 38.5 Å². The Kier molecular flexibility index (Phi) is 6.94. The third-order valence-electron chi connectivity index (χ3n) is 4.60. The molecule has 0 radical (unpaired) electrons. The minimum absolute atomic E-state index is 0.140. The lowest BCUT2D eigenvalue weighted by molar-refractivity contribution is -0.124. The quantitative estimate of drug-likeness (QED) is 0.385. The van der Waals surface area contributed by atoms with Gasteiger partial charge in [-0.2, -0.15) is 0 Å². The van der Waals surface area contributed by atoms with Crippen LogP contribution in [-0.2, 0) is 4.79 Å². The molecule has 2 aliphatic heterocycles. The molecule has 0 aliphatic carbocycles. The van der Waals surface area contributed by atoms with Gasteiger partial charge in [-0.3, -0.25) is 4.79 Å². The number of unbranched alkanes of at least 4 members (excludes halogenated alkanes) is 3. The summed E-state index contributed by atoms with van der Waals surface area (Å²) in [7, 11) is 0. The number of carbonyl (C=O) groups is 1. The summed E-state index contributed by atoms with van der Waals surface area (Å²) in [5.41, 5.74) is 1.14. The van der Waals surface area contributed by atoms with Gasteiger partial charge in [-0.25, -0.2) is 0 Å². The third kappa shape index (κ3) is 5.51. The number of hydrogen-bond acceptors (Lipinski definition) is 3. The highest BCUT2D eigenvalue weighted by atomic mass is 16.7. The summed E-state index contributed by atoms with van der Waals surface area (Å²) >= 11 is 0. The number of rotatable bonds is 8. The van der Waals surface area contributed by atoms with Gasteiger partial charge in [0.2, 0.25) is 12.7 Å². The average Bonchev–Trinajstić information content (AvgIpc) is 3.34. The molecule has 3 rings (SSSR count). The molecule has 0 unspecified atom stereocenters. The maximum atomic E-state index is 11.8. The van der Waals surface area contributed by atoms with Crippen LogP contribution in [0.25, 0.3) is 6.08 Å². The summed E-state index contributed by atoms with van der Waals surface area (Å²) < 4.78 is 10.7. The van der Waals surface area contributed by atoms with Gasteiger partial charge in [0.1, 0.15) is 0 Å². The van der Waals surface area contributed by atoms with E-state index in [-0.39, 0.29) is 5.91 Å². The van der Waals surface area contributed by atoms with Crippen LogP contribution in [0.3, 0.4) is 0 Å². The maximum absolute atomic E-state index is 11.8. The van der Waals surface area contributed by atoms with Crippen molar-refractivity contribution >= 4 is 12.0 Å². The van der Waals surface area contributed by atoms with Crippen molar-refractivity contribution in [1.29, 1.82) is 0 Å². The van der Waals surface area contributed by atoms with Crippen molar-refractivity contribution in [2.75, 3.05) is 19.9 Å². The number of likely N-dealkylation sites (tertiary alicyclic amines) is 1. The first-order valence-corrected chi connectivity index (χ1v) is 9.51. The Labute approximate surface area is 155 Å². The minimum atomic E-state index is 0.140. The monoisotopic (exact) mass is 353 g/mol. The van der Waals surface area contributed by atoms with E-state index in [0.717, 1.165) is 68.7 Å². The molecule has 1 fully saturated rings. The van der Waals surface area contributed by atoms with Crippen LogP contribution in [0.4, 0.5) is 0 Å². The van der Waals surface area contributed by atoms with Crippen molar-refractivity contribution in [1.82, 2.24) is 4.90 Å². The topological polar surface area (TPSA) is 38.8 Å². The molecule has 1 aromatic carbocycles. The molecule has 4 heteroatoms. The lowest BCUT2D eigenvalue weighted by atomic mass is 10.1. The normalized spacial score (nSPS) is 16.5. The molecule has 26 heavy (non-hydrogen) atoms. The van der Waals surface area contributed by atoms with Gasteiger partial charge in [-0.1, -0.05) is 36.4 Å². The number of amides is 1. The summed E-state index contributed by atoms with van der Waals surface area (Å²) in [4.78, 5) is 13.7. The molecule has 0 bridgehead atoms. The molecular formula is C22H27NO3. The predicted octanol–water partition coefficient (Wildman–Crippen LogP) is 4.72. The number of hydrogen-bond donors (Lipinski definition) is 0. The molecule has 1 amide bonds. The first kappa shape index (κ1) is 18.3. The van der Waals surface area contributed by atoms with Gasteiger partial charge in [-0.15, -0.1) is 0 Å². The Morgan fingerprint density at radius 1 is 1.00 bits per heavy atom. The van der Waals surface area contributed by atoms with Gasteiger partial charge in [0.15, 0.2) is 11.5 Å². The predicted molar refractivity (Wildman–Crippen MR) is 104 cm³/mol. The lowest BCUT2D eigenvalue weighted by Crippen LogP contribution is -2.25. The summed E-state index contributed by atoms with van der Waals surface area (Å²) in [5.74, 6) is 1.79. The average molecular weight is 353 g/mol. The number of benzene rings is 1. The van der Waals surface area contributed by atoms with Crippen molar-refractivity contribution in [3.8, 4) is 11.5 Å². The summed E-state index contributed by atoms with van der Waals surface area (Å²) in [6, 6.07) is 6.01. The molecule has 4 nitrogen and oxygen atoms in total. The van der Waals surface area contributed by atoms with E-state index in [1.165, 1.54) is 0 Å². The van der Waals surface area contributed by atoms with E-state index in [1.54, 1.807) is 6.08 Å². The largest absolute Gasteiger partial charge is 0.454 e. The fourth-order valence-electron chi connectivity index (χ4n) is 3.12. The first-order valence-electron chi connectivity index (χ1n) is 9.51. The highest BCUT2D eigenvalue weighted by Crippen LogP contribution is 2.32. The fourth-order valence-corrected chi connectivity index (χ4v) is 3.12. The van der Waals surface area contributed by atoms with Gasteiger partial charge in [0, 0.05) is 19.2 Å². The Morgan fingerprint density at radius 3 is 2.62 bits per heavy atom. The van der Waals surface area contributed by atoms with Gasteiger partial charge in [0.25, 0.3) is 0 Å². The van der Waals surface area contributed by atoms with Gasteiger partial charge < -0.3 is 14.4 Å². The van der Waals surface area contributed by atoms with Crippen molar-refractivity contribution in [2.24, 2.45) is 0 Å². The fraction of sp³-hybridized carbons (Fsp3) is 0.409. The maximum Gasteiger partial charge on any atom is 0.246 e. The zero-order valence-corrected chi connectivity index (χ0v) is 15.2. The first-order chi connectivity index (χ1) is 12.8. The molecule has 0 saturated carbocycles. The van der Waals surface area contributed by atoms with Crippen molar-refractivity contribution in [3.05, 3.63) is 54.1 Å². The van der Waals surface area contributed by atoms with Crippen LogP contribution in [0.1, 0.15) is 44.1 Å². The second-order valence-corrected chi connectivity index (χ2v) is 6.62. The molecule has 138 valence electrons. The number of allylic oxidation sites excluding steroid dienone is 4. The Bertz CT molecular complexity index is 685. The van der Waals surface area contributed by atoms with E-state index >= 15 is 0 Å². The van der Waals surface area contributed by atoms with E-state index in [2.05, 4.69) is 18.2 Å². The minimum Gasteiger partial charge on any atom is -0.454 e. The lowest BCUT2D eigenvalue weighted by Gasteiger charge is -2.11. The van der Waals surface area contributed by atoms with Crippen LogP contribution in [0.2, 0.25) is 0 Å². The highest BCUT2D eigenvalue weighted by Gasteiger charge is 2.14. The van der Waals surface area contributed by atoms with Gasteiger partial charge >= 0.3 is 0 Å². The molecule has 0 aromatic heterocycles. The van der Waals surface area contributed by atoms with Gasteiger partial charge in [0.05, 0.1) is 0 Å². The standard InChI is InChI=1S/C22H27NO3/c24-22(23-15-9-10-16-23)12-8-6-4-2-1-3-5-7-11-19-13-14-20-21(17-19)26-18-25-20/h4,6-8,11-14,17H,1-3,5,9-10,15-16,18H2/b6-4+,11-7+,12-8+.